The SMILES string of the molecule is O=S(=O)(c1cccc2nsnc12)N1CCN(Cc2csc(-c3ccccc3Cl)n2)CC1. The van der Waals surface area contributed by atoms with Crippen LogP contribution in [0.2, 0.25) is 5.02 Å². The molecule has 0 aliphatic carbocycles. The lowest BCUT2D eigenvalue weighted by Gasteiger charge is -2.33. The Morgan fingerprint density at radius 3 is 2.61 bits per heavy atom. The molecule has 0 bridgehead atoms. The molecule has 11 heteroatoms. The number of halogens is 1. The molecule has 1 fully saturated rings. The van der Waals surface area contributed by atoms with E-state index in [4.69, 9.17) is 16.6 Å². The highest BCUT2D eigenvalue weighted by Gasteiger charge is 2.30. The zero-order valence-electron chi connectivity index (χ0n) is 16.3. The lowest BCUT2D eigenvalue weighted by atomic mass is 10.2. The third-order valence-corrected chi connectivity index (χ3v) is 8.97. The molecule has 31 heavy (non-hydrogen) atoms. The molecule has 5 rings (SSSR count). The summed E-state index contributed by atoms with van der Waals surface area (Å²) in [5, 5.41) is 3.62. The molecule has 3 heterocycles. The van der Waals surface area contributed by atoms with Crippen molar-refractivity contribution in [1.82, 2.24) is 22.9 Å². The van der Waals surface area contributed by atoms with Crippen molar-refractivity contribution in [1.29, 1.82) is 0 Å². The molecule has 7 nitrogen and oxygen atoms in total. The van der Waals surface area contributed by atoms with Crippen molar-refractivity contribution in [2.75, 3.05) is 26.2 Å². The fraction of sp³-hybridized carbons (Fsp3) is 0.250. The molecule has 2 aromatic carbocycles. The molecule has 0 radical (unpaired) electrons. The number of hydrogen-bond donors (Lipinski definition) is 0. The Balaban J connectivity index is 1.26. The van der Waals surface area contributed by atoms with E-state index in [1.807, 2.05) is 29.6 Å². The second kappa shape index (κ2) is 8.53. The van der Waals surface area contributed by atoms with E-state index < -0.39 is 10.0 Å². The molecule has 1 aliphatic rings. The number of nitrogens with zero attached hydrogens (tertiary/aromatic N) is 5. The van der Waals surface area contributed by atoms with Gasteiger partial charge in [0.1, 0.15) is 20.9 Å². The molecule has 0 spiro atoms. The molecule has 0 saturated carbocycles. The van der Waals surface area contributed by atoms with E-state index in [-0.39, 0.29) is 4.90 Å². The number of fused-ring (bicyclic) bond motifs is 1. The first-order chi connectivity index (χ1) is 15.0. The number of aromatic nitrogens is 3. The quantitative estimate of drug-likeness (QED) is 0.420. The van der Waals surface area contributed by atoms with Gasteiger partial charge in [-0.3, -0.25) is 4.90 Å². The van der Waals surface area contributed by atoms with E-state index in [2.05, 4.69) is 13.6 Å². The Hall–Kier alpha value is -1.95. The fourth-order valence-corrected chi connectivity index (χ4v) is 6.93. The van der Waals surface area contributed by atoms with Crippen LogP contribution in [-0.2, 0) is 16.6 Å². The molecule has 2 aromatic heterocycles. The minimum atomic E-state index is -3.61. The molecule has 0 unspecified atom stereocenters. The van der Waals surface area contributed by atoms with Crippen LogP contribution in [-0.4, -0.2) is 57.5 Å². The van der Waals surface area contributed by atoms with E-state index in [0.717, 1.165) is 28.0 Å². The first kappa shape index (κ1) is 20.9. The number of sulfonamides is 1. The highest BCUT2D eigenvalue weighted by Crippen LogP contribution is 2.31. The number of benzene rings is 2. The van der Waals surface area contributed by atoms with Gasteiger partial charge in [-0.05, 0) is 18.2 Å². The van der Waals surface area contributed by atoms with Gasteiger partial charge >= 0.3 is 0 Å². The van der Waals surface area contributed by atoms with Gasteiger partial charge in [-0.15, -0.1) is 11.3 Å². The van der Waals surface area contributed by atoms with Crippen molar-refractivity contribution >= 4 is 55.7 Å². The first-order valence-electron chi connectivity index (χ1n) is 9.65. The van der Waals surface area contributed by atoms with Crippen molar-refractivity contribution in [3.63, 3.8) is 0 Å². The number of rotatable bonds is 5. The third-order valence-electron chi connectivity index (χ3n) is 5.24. The van der Waals surface area contributed by atoms with E-state index in [0.29, 0.717) is 48.8 Å². The monoisotopic (exact) mass is 491 g/mol. The van der Waals surface area contributed by atoms with Gasteiger partial charge in [-0.2, -0.15) is 13.1 Å². The summed E-state index contributed by atoms with van der Waals surface area (Å²) in [6, 6.07) is 12.8. The topological polar surface area (TPSA) is 79.3 Å². The lowest BCUT2D eigenvalue weighted by Crippen LogP contribution is -2.48. The Morgan fingerprint density at radius 2 is 1.81 bits per heavy atom. The minimum absolute atomic E-state index is 0.232. The summed E-state index contributed by atoms with van der Waals surface area (Å²) in [5.41, 5.74) is 2.96. The van der Waals surface area contributed by atoms with Crippen LogP contribution in [0.5, 0.6) is 0 Å². The van der Waals surface area contributed by atoms with Crippen molar-refractivity contribution < 1.29 is 8.42 Å². The smallest absolute Gasteiger partial charge is 0.245 e. The van der Waals surface area contributed by atoms with Crippen LogP contribution in [0, 0.1) is 0 Å². The van der Waals surface area contributed by atoms with Gasteiger partial charge in [-0.25, -0.2) is 13.4 Å². The second-order valence-corrected chi connectivity index (χ2v) is 10.9. The molecule has 0 N–H and O–H groups in total. The normalized spacial score (nSPS) is 16.2. The van der Waals surface area contributed by atoms with Crippen LogP contribution in [0.3, 0.4) is 0 Å². The molecular weight excluding hydrogens is 474 g/mol. The van der Waals surface area contributed by atoms with Gasteiger partial charge in [-0.1, -0.05) is 35.9 Å². The van der Waals surface area contributed by atoms with Gasteiger partial charge in [0.2, 0.25) is 10.0 Å². The summed E-state index contributed by atoms with van der Waals surface area (Å²) in [6.07, 6.45) is 0. The molecule has 160 valence electrons. The molecule has 0 atom stereocenters. The first-order valence-corrected chi connectivity index (χ1v) is 13.1. The standard InChI is InChI=1S/C20H18ClN5O2S3/c21-16-5-2-1-4-15(16)20-22-14(13-29-20)12-25-8-10-26(11-9-25)31(27,28)18-7-3-6-17-19(18)24-30-23-17/h1-7,13H,8-12H2. The summed E-state index contributed by atoms with van der Waals surface area (Å²) in [7, 11) is -3.61. The maximum Gasteiger partial charge on any atom is 0.245 e. The van der Waals surface area contributed by atoms with Crippen molar-refractivity contribution in [2.24, 2.45) is 0 Å². The Bertz CT molecular complexity index is 1330. The van der Waals surface area contributed by atoms with Gasteiger partial charge in [0, 0.05) is 43.7 Å². The van der Waals surface area contributed by atoms with Gasteiger partial charge in [0.25, 0.3) is 0 Å². The largest absolute Gasteiger partial charge is 0.295 e. The van der Waals surface area contributed by atoms with Crippen molar-refractivity contribution in [3.8, 4) is 10.6 Å². The molecular formula is C20H18ClN5O2S3. The van der Waals surface area contributed by atoms with E-state index in [9.17, 15) is 8.42 Å². The number of hydrogen-bond acceptors (Lipinski definition) is 8. The van der Waals surface area contributed by atoms with Crippen LogP contribution in [0.25, 0.3) is 21.6 Å². The molecule has 0 amide bonds. The molecule has 1 saturated heterocycles. The van der Waals surface area contributed by atoms with Crippen LogP contribution in [0.4, 0.5) is 0 Å². The summed E-state index contributed by atoms with van der Waals surface area (Å²) in [5.74, 6) is 0. The third kappa shape index (κ3) is 4.11. The maximum atomic E-state index is 13.2. The highest BCUT2D eigenvalue weighted by atomic mass is 35.5. The Labute approximate surface area is 193 Å². The summed E-state index contributed by atoms with van der Waals surface area (Å²) in [4.78, 5) is 7.18. The summed E-state index contributed by atoms with van der Waals surface area (Å²) in [6.45, 7) is 2.82. The maximum absolute atomic E-state index is 13.2. The fourth-order valence-electron chi connectivity index (χ4n) is 3.62. The van der Waals surface area contributed by atoms with Gasteiger partial charge in [0.05, 0.1) is 22.4 Å². The zero-order chi connectivity index (χ0) is 21.4. The average Bonchev–Trinajstić information content (AvgIpc) is 3.44. The van der Waals surface area contributed by atoms with Gasteiger partial charge in [0.15, 0.2) is 0 Å². The Kier molecular flexibility index (Phi) is 5.76. The highest BCUT2D eigenvalue weighted by molar-refractivity contribution is 7.89. The van der Waals surface area contributed by atoms with Crippen molar-refractivity contribution in [2.45, 2.75) is 11.4 Å². The average molecular weight is 492 g/mol. The van der Waals surface area contributed by atoms with Crippen LogP contribution < -0.4 is 0 Å². The van der Waals surface area contributed by atoms with Crippen LogP contribution in [0.1, 0.15) is 5.69 Å². The Morgan fingerprint density at radius 1 is 1.00 bits per heavy atom. The zero-order valence-corrected chi connectivity index (χ0v) is 19.5. The second-order valence-electron chi connectivity index (χ2n) is 7.19. The lowest BCUT2D eigenvalue weighted by molar-refractivity contribution is 0.180. The summed E-state index contributed by atoms with van der Waals surface area (Å²) >= 11 is 8.88. The number of thiazole rings is 1. The number of piperazine rings is 1. The molecule has 1 aliphatic heterocycles. The molecule has 4 aromatic rings. The predicted molar refractivity (Wildman–Crippen MR) is 124 cm³/mol. The summed E-state index contributed by atoms with van der Waals surface area (Å²) < 4.78 is 36.2. The van der Waals surface area contributed by atoms with E-state index in [1.54, 1.807) is 29.5 Å². The minimum Gasteiger partial charge on any atom is -0.295 e. The van der Waals surface area contributed by atoms with E-state index in [1.165, 1.54) is 4.31 Å². The van der Waals surface area contributed by atoms with Gasteiger partial charge < -0.3 is 0 Å². The van der Waals surface area contributed by atoms with Crippen molar-refractivity contribution in [3.05, 3.63) is 58.6 Å². The van der Waals surface area contributed by atoms with Crippen LogP contribution >= 0.6 is 34.7 Å². The predicted octanol–water partition coefficient (Wildman–Crippen LogP) is 3.97. The van der Waals surface area contributed by atoms with E-state index >= 15 is 0 Å². The van der Waals surface area contributed by atoms with Crippen LogP contribution in [0.15, 0.2) is 52.7 Å².